The molecular weight excluding hydrogens is 298 g/mol. The fourth-order valence-corrected chi connectivity index (χ4v) is 2.18. The van der Waals surface area contributed by atoms with Crippen LogP contribution in [0.25, 0.3) is 0 Å². The molecule has 2 rings (SSSR count). The van der Waals surface area contributed by atoms with Crippen molar-refractivity contribution in [1.29, 1.82) is 0 Å². The number of carbonyl (C=O) groups is 2. The van der Waals surface area contributed by atoms with E-state index in [1.165, 1.54) is 5.48 Å². The first-order valence-corrected chi connectivity index (χ1v) is 6.31. The lowest BCUT2D eigenvalue weighted by molar-refractivity contribution is -0.136. The van der Waals surface area contributed by atoms with Crippen molar-refractivity contribution in [1.82, 2.24) is 16.1 Å². The smallest absolute Gasteiger partial charge is 0.268 e. The quantitative estimate of drug-likeness (QED) is 0.365. The van der Waals surface area contributed by atoms with E-state index in [-0.39, 0.29) is 18.3 Å². The molecule has 2 amide bonds. The molecule has 0 saturated carbocycles. The number of benzene rings is 1. The van der Waals surface area contributed by atoms with Crippen LogP contribution in [0.3, 0.4) is 0 Å². The fraction of sp³-hybridized carbons (Fsp3) is 0.385. The molecule has 5 N–H and O–H groups in total. The van der Waals surface area contributed by atoms with Crippen molar-refractivity contribution in [3.05, 3.63) is 35.4 Å². The van der Waals surface area contributed by atoms with Crippen molar-refractivity contribution in [2.45, 2.75) is 25.0 Å². The highest BCUT2D eigenvalue weighted by Gasteiger charge is 2.27. The van der Waals surface area contributed by atoms with Crippen LogP contribution in [0.1, 0.15) is 11.1 Å². The Hall–Kier alpha value is -1.67. The molecular formula is C13H18ClN3O4. The second-order valence-corrected chi connectivity index (χ2v) is 4.63. The van der Waals surface area contributed by atoms with Gasteiger partial charge in [-0.25, -0.2) is 5.48 Å². The Bertz CT molecular complexity index is 512. The van der Waals surface area contributed by atoms with Crippen LogP contribution in [-0.2, 0) is 22.6 Å². The summed E-state index contributed by atoms with van der Waals surface area (Å²) >= 11 is 0. The maximum atomic E-state index is 12.1. The molecule has 1 aromatic rings. The zero-order valence-corrected chi connectivity index (χ0v) is 12.0. The molecule has 0 unspecified atom stereocenters. The van der Waals surface area contributed by atoms with Gasteiger partial charge in [0.2, 0.25) is 5.91 Å². The molecule has 2 atom stereocenters. The molecule has 0 aromatic heterocycles. The number of aliphatic hydroxyl groups is 1. The van der Waals surface area contributed by atoms with E-state index in [2.05, 4.69) is 10.6 Å². The summed E-state index contributed by atoms with van der Waals surface area (Å²) in [6.45, 7) is -0.00825. The maximum Gasteiger partial charge on any atom is 0.268 e. The van der Waals surface area contributed by atoms with Gasteiger partial charge in [-0.05, 0) is 17.5 Å². The number of aliphatic hydroxyl groups excluding tert-OH is 1. The summed E-state index contributed by atoms with van der Waals surface area (Å²) < 4.78 is 0. The number of hydrogen-bond acceptors (Lipinski definition) is 5. The average molecular weight is 316 g/mol. The third kappa shape index (κ3) is 4.15. The second-order valence-electron chi connectivity index (χ2n) is 4.63. The van der Waals surface area contributed by atoms with Gasteiger partial charge in [-0.3, -0.25) is 14.8 Å². The zero-order chi connectivity index (χ0) is 14.5. The van der Waals surface area contributed by atoms with E-state index >= 15 is 0 Å². The minimum Gasteiger partial charge on any atom is -0.394 e. The van der Waals surface area contributed by atoms with Crippen LogP contribution in [0.15, 0.2) is 24.3 Å². The molecule has 1 aromatic carbocycles. The lowest BCUT2D eigenvalue weighted by Gasteiger charge is -2.26. The van der Waals surface area contributed by atoms with Crippen molar-refractivity contribution in [3.8, 4) is 0 Å². The van der Waals surface area contributed by atoms with Gasteiger partial charge in [0.1, 0.15) is 6.04 Å². The SMILES string of the molecule is Cl.O=C(N[C@@H](CO)C(=O)NO)[C@@H]1Cc2ccccc2CN1. The Kier molecular flexibility index (Phi) is 6.57. The average Bonchev–Trinajstić information content (AvgIpc) is 2.51. The number of halogens is 1. The Morgan fingerprint density at radius 2 is 2.00 bits per heavy atom. The normalized spacial score (nSPS) is 17.9. The van der Waals surface area contributed by atoms with Crippen LogP contribution in [-0.4, -0.2) is 40.8 Å². The van der Waals surface area contributed by atoms with Gasteiger partial charge in [0.05, 0.1) is 12.6 Å². The van der Waals surface area contributed by atoms with Crippen molar-refractivity contribution in [2.24, 2.45) is 0 Å². The van der Waals surface area contributed by atoms with Gasteiger partial charge in [0.15, 0.2) is 0 Å². The highest BCUT2D eigenvalue weighted by Crippen LogP contribution is 2.16. The standard InChI is InChI=1S/C13H17N3O4.ClH/c17-7-11(13(19)16-20)15-12(18)10-5-8-3-1-2-4-9(8)6-14-10;/h1-4,10-11,14,17,20H,5-7H2,(H,15,18)(H,16,19);1H/t10-,11-;/m0./s1. The number of hydroxylamine groups is 1. The van der Waals surface area contributed by atoms with Gasteiger partial charge in [-0.2, -0.15) is 0 Å². The van der Waals surface area contributed by atoms with Crippen LogP contribution in [0.4, 0.5) is 0 Å². The largest absolute Gasteiger partial charge is 0.394 e. The molecule has 0 radical (unpaired) electrons. The predicted octanol–water partition coefficient (Wildman–Crippen LogP) is -0.895. The van der Waals surface area contributed by atoms with Crippen molar-refractivity contribution >= 4 is 24.2 Å². The Labute approximate surface area is 128 Å². The first-order valence-electron chi connectivity index (χ1n) is 6.31. The first-order chi connectivity index (χ1) is 9.65. The van der Waals surface area contributed by atoms with E-state index in [1.807, 2.05) is 24.3 Å². The van der Waals surface area contributed by atoms with Crippen LogP contribution in [0.5, 0.6) is 0 Å². The van der Waals surface area contributed by atoms with Crippen LogP contribution < -0.4 is 16.1 Å². The molecule has 0 saturated heterocycles. The number of nitrogens with one attached hydrogen (secondary N) is 3. The van der Waals surface area contributed by atoms with Gasteiger partial charge < -0.3 is 15.7 Å². The van der Waals surface area contributed by atoms with Crippen molar-refractivity contribution < 1.29 is 19.9 Å². The van der Waals surface area contributed by atoms with E-state index in [0.717, 1.165) is 11.1 Å². The highest BCUT2D eigenvalue weighted by molar-refractivity contribution is 5.89. The molecule has 1 heterocycles. The summed E-state index contributed by atoms with van der Waals surface area (Å²) in [7, 11) is 0. The molecule has 1 aliphatic heterocycles. The van der Waals surface area contributed by atoms with E-state index < -0.39 is 24.6 Å². The summed E-state index contributed by atoms with van der Waals surface area (Å²) in [5, 5.41) is 23.0. The molecule has 0 fully saturated rings. The van der Waals surface area contributed by atoms with E-state index in [4.69, 9.17) is 10.3 Å². The van der Waals surface area contributed by atoms with Gasteiger partial charge in [-0.15, -0.1) is 12.4 Å². The second kappa shape index (κ2) is 7.94. The van der Waals surface area contributed by atoms with Crippen LogP contribution in [0, 0.1) is 0 Å². The summed E-state index contributed by atoms with van der Waals surface area (Å²) in [4.78, 5) is 23.3. The monoisotopic (exact) mass is 315 g/mol. The third-order valence-electron chi connectivity index (χ3n) is 3.32. The van der Waals surface area contributed by atoms with Gasteiger partial charge >= 0.3 is 0 Å². The molecule has 7 nitrogen and oxygen atoms in total. The Morgan fingerprint density at radius 1 is 1.33 bits per heavy atom. The summed E-state index contributed by atoms with van der Waals surface area (Å²) in [6.07, 6.45) is 0.515. The lowest BCUT2D eigenvalue weighted by atomic mass is 9.95. The lowest BCUT2D eigenvalue weighted by Crippen LogP contribution is -2.55. The predicted molar refractivity (Wildman–Crippen MR) is 77.0 cm³/mol. The van der Waals surface area contributed by atoms with E-state index in [1.54, 1.807) is 0 Å². The van der Waals surface area contributed by atoms with Gasteiger partial charge in [-0.1, -0.05) is 24.3 Å². The van der Waals surface area contributed by atoms with Crippen molar-refractivity contribution in [2.75, 3.05) is 6.61 Å². The Balaban J connectivity index is 0.00000220. The summed E-state index contributed by atoms with van der Waals surface area (Å²) in [6, 6.07) is 6.17. The number of fused-ring (bicyclic) bond motifs is 1. The van der Waals surface area contributed by atoms with Crippen LogP contribution >= 0.6 is 12.4 Å². The summed E-state index contributed by atoms with van der Waals surface area (Å²) in [5.41, 5.74) is 3.63. The molecule has 0 aliphatic carbocycles. The Morgan fingerprint density at radius 3 is 2.62 bits per heavy atom. The van der Waals surface area contributed by atoms with Crippen LogP contribution in [0.2, 0.25) is 0 Å². The van der Waals surface area contributed by atoms with Crippen molar-refractivity contribution in [3.63, 3.8) is 0 Å². The summed E-state index contributed by atoms with van der Waals surface area (Å²) in [5.74, 6) is -1.24. The fourth-order valence-electron chi connectivity index (χ4n) is 2.18. The topological polar surface area (TPSA) is 111 Å². The molecule has 8 heteroatoms. The number of rotatable bonds is 4. The highest BCUT2D eigenvalue weighted by atomic mass is 35.5. The van der Waals surface area contributed by atoms with Gasteiger partial charge in [0, 0.05) is 6.54 Å². The molecule has 0 bridgehead atoms. The van der Waals surface area contributed by atoms with E-state index in [9.17, 15) is 9.59 Å². The molecule has 0 spiro atoms. The maximum absolute atomic E-state index is 12.1. The molecule has 21 heavy (non-hydrogen) atoms. The van der Waals surface area contributed by atoms with Gasteiger partial charge in [0.25, 0.3) is 5.91 Å². The molecule has 116 valence electrons. The van der Waals surface area contributed by atoms with E-state index in [0.29, 0.717) is 13.0 Å². The number of hydrogen-bond donors (Lipinski definition) is 5. The third-order valence-corrected chi connectivity index (χ3v) is 3.32. The zero-order valence-electron chi connectivity index (χ0n) is 11.2. The molecule has 1 aliphatic rings. The minimum atomic E-state index is -1.16. The minimum absolute atomic E-state index is 0. The first kappa shape index (κ1) is 17.4. The number of carbonyl (C=O) groups excluding carboxylic acids is 2. The number of amides is 2.